The summed E-state index contributed by atoms with van der Waals surface area (Å²) >= 11 is 0. The Morgan fingerprint density at radius 2 is 1.78 bits per heavy atom. The van der Waals surface area contributed by atoms with Gasteiger partial charge in [0.05, 0.1) is 0 Å². The molecule has 0 fully saturated rings. The van der Waals surface area contributed by atoms with E-state index in [-0.39, 0.29) is 11.9 Å². The third-order valence-electron chi connectivity index (χ3n) is 2.94. The Bertz CT molecular complexity index is 399. The van der Waals surface area contributed by atoms with E-state index in [4.69, 9.17) is 0 Å². The van der Waals surface area contributed by atoms with Crippen LogP contribution in [0.2, 0.25) is 0 Å². The number of amides is 1. The molecule has 1 aromatic carbocycles. The topological polar surface area (TPSA) is 41.1 Å². The van der Waals surface area contributed by atoms with Crippen molar-refractivity contribution >= 4 is 11.6 Å². The lowest BCUT2D eigenvalue weighted by Crippen LogP contribution is -2.30. The van der Waals surface area contributed by atoms with Crippen molar-refractivity contribution < 1.29 is 4.79 Å². The van der Waals surface area contributed by atoms with E-state index in [0.717, 1.165) is 5.69 Å². The molecule has 18 heavy (non-hydrogen) atoms. The summed E-state index contributed by atoms with van der Waals surface area (Å²) in [7, 11) is 0. The Morgan fingerprint density at radius 1 is 1.11 bits per heavy atom. The molecule has 100 valence electrons. The Hall–Kier alpha value is -1.51. The first kappa shape index (κ1) is 14.6. The normalized spacial score (nSPS) is 12.6. The molecule has 1 amide bonds. The van der Waals surface area contributed by atoms with Crippen molar-refractivity contribution in [2.75, 3.05) is 5.32 Å². The summed E-state index contributed by atoms with van der Waals surface area (Å²) in [5.41, 5.74) is 1.69. The van der Waals surface area contributed by atoms with Gasteiger partial charge in [0, 0.05) is 23.3 Å². The summed E-state index contributed by atoms with van der Waals surface area (Å²) in [5.74, 6) is 0.531. The van der Waals surface area contributed by atoms with Gasteiger partial charge >= 0.3 is 0 Å². The predicted molar refractivity (Wildman–Crippen MR) is 77.0 cm³/mol. The van der Waals surface area contributed by atoms with Gasteiger partial charge in [0.2, 0.25) is 0 Å². The van der Waals surface area contributed by atoms with E-state index in [2.05, 4.69) is 31.4 Å². The largest absolute Gasteiger partial charge is 0.382 e. The molecule has 0 spiro atoms. The van der Waals surface area contributed by atoms with Crippen molar-refractivity contribution in [1.82, 2.24) is 5.32 Å². The van der Waals surface area contributed by atoms with E-state index >= 15 is 0 Å². The Balaban J connectivity index is 2.76. The monoisotopic (exact) mass is 248 g/mol. The zero-order valence-corrected chi connectivity index (χ0v) is 11.9. The Morgan fingerprint density at radius 3 is 2.33 bits per heavy atom. The SMILES string of the molecule is CC(C)NC(=O)c1cccc(NC(C)C(C)C)c1. The molecule has 0 aliphatic rings. The molecule has 1 atom stereocenters. The fourth-order valence-electron chi connectivity index (χ4n) is 1.53. The van der Waals surface area contributed by atoms with Crippen molar-refractivity contribution in [3.8, 4) is 0 Å². The highest BCUT2D eigenvalue weighted by Gasteiger charge is 2.10. The molecule has 3 nitrogen and oxygen atoms in total. The minimum atomic E-state index is -0.0224. The summed E-state index contributed by atoms with van der Waals surface area (Å²) in [6.45, 7) is 10.4. The summed E-state index contributed by atoms with van der Waals surface area (Å²) in [5, 5.41) is 6.31. The molecule has 1 aromatic rings. The van der Waals surface area contributed by atoms with Crippen LogP contribution in [0, 0.1) is 5.92 Å². The second kappa shape index (κ2) is 6.43. The fraction of sp³-hybridized carbons (Fsp3) is 0.533. The van der Waals surface area contributed by atoms with Gasteiger partial charge in [0.1, 0.15) is 0 Å². The standard InChI is InChI=1S/C15H24N2O/c1-10(2)12(5)17-14-8-6-7-13(9-14)15(18)16-11(3)4/h6-12,17H,1-5H3,(H,16,18). The molecule has 0 aromatic heterocycles. The molecule has 0 bridgehead atoms. The highest BCUT2D eigenvalue weighted by Crippen LogP contribution is 2.14. The number of anilines is 1. The van der Waals surface area contributed by atoms with Crippen LogP contribution in [-0.4, -0.2) is 18.0 Å². The smallest absolute Gasteiger partial charge is 0.251 e. The number of carbonyl (C=O) groups excluding carboxylic acids is 1. The van der Waals surface area contributed by atoms with Crippen LogP contribution in [0.15, 0.2) is 24.3 Å². The number of benzene rings is 1. The summed E-state index contributed by atoms with van der Waals surface area (Å²) in [4.78, 5) is 11.9. The number of rotatable bonds is 5. The van der Waals surface area contributed by atoms with Crippen LogP contribution < -0.4 is 10.6 Å². The second-order valence-corrected chi connectivity index (χ2v) is 5.39. The van der Waals surface area contributed by atoms with E-state index in [9.17, 15) is 4.79 Å². The van der Waals surface area contributed by atoms with Gasteiger partial charge < -0.3 is 10.6 Å². The Labute approximate surface area is 110 Å². The number of nitrogens with one attached hydrogen (secondary N) is 2. The molecule has 2 N–H and O–H groups in total. The predicted octanol–water partition coefficient (Wildman–Crippen LogP) is 3.28. The molecular weight excluding hydrogens is 224 g/mol. The quantitative estimate of drug-likeness (QED) is 0.839. The van der Waals surface area contributed by atoms with E-state index in [1.54, 1.807) is 0 Å². The van der Waals surface area contributed by atoms with E-state index < -0.39 is 0 Å². The first-order valence-corrected chi connectivity index (χ1v) is 6.57. The van der Waals surface area contributed by atoms with Gasteiger partial charge in [0.15, 0.2) is 0 Å². The maximum Gasteiger partial charge on any atom is 0.251 e. The van der Waals surface area contributed by atoms with Crippen molar-refractivity contribution in [3.63, 3.8) is 0 Å². The van der Waals surface area contributed by atoms with E-state index in [1.165, 1.54) is 0 Å². The van der Waals surface area contributed by atoms with Gasteiger partial charge in [-0.3, -0.25) is 4.79 Å². The number of carbonyl (C=O) groups is 1. The van der Waals surface area contributed by atoms with Gasteiger partial charge in [-0.05, 0) is 44.9 Å². The van der Waals surface area contributed by atoms with Crippen molar-refractivity contribution in [2.45, 2.75) is 46.7 Å². The molecule has 0 saturated carbocycles. The average Bonchev–Trinajstić information content (AvgIpc) is 2.28. The van der Waals surface area contributed by atoms with Crippen LogP contribution >= 0.6 is 0 Å². The minimum absolute atomic E-state index is 0.0224. The van der Waals surface area contributed by atoms with Crippen molar-refractivity contribution in [1.29, 1.82) is 0 Å². The molecule has 0 saturated heterocycles. The van der Waals surface area contributed by atoms with Crippen LogP contribution in [0.25, 0.3) is 0 Å². The van der Waals surface area contributed by atoms with Gasteiger partial charge in [-0.25, -0.2) is 0 Å². The van der Waals surface area contributed by atoms with Crippen molar-refractivity contribution in [2.24, 2.45) is 5.92 Å². The van der Waals surface area contributed by atoms with Gasteiger partial charge in [-0.15, -0.1) is 0 Å². The third kappa shape index (κ3) is 4.40. The number of hydrogen-bond acceptors (Lipinski definition) is 2. The van der Waals surface area contributed by atoms with Crippen LogP contribution in [-0.2, 0) is 0 Å². The molecule has 0 heterocycles. The van der Waals surface area contributed by atoms with Gasteiger partial charge in [-0.2, -0.15) is 0 Å². The zero-order chi connectivity index (χ0) is 13.7. The highest BCUT2D eigenvalue weighted by molar-refractivity contribution is 5.95. The van der Waals surface area contributed by atoms with Gasteiger partial charge in [-0.1, -0.05) is 19.9 Å². The van der Waals surface area contributed by atoms with E-state index in [0.29, 0.717) is 17.5 Å². The molecule has 3 heteroatoms. The second-order valence-electron chi connectivity index (χ2n) is 5.39. The molecular formula is C15H24N2O. The molecule has 0 aliphatic heterocycles. The lowest BCUT2D eigenvalue weighted by Gasteiger charge is -2.19. The van der Waals surface area contributed by atoms with Crippen LogP contribution in [0.1, 0.15) is 45.0 Å². The highest BCUT2D eigenvalue weighted by atomic mass is 16.1. The zero-order valence-electron chi connectivity index (χ0n) is 11.9. The van der Waals surface area contributed by atoms with Crippen LogP contribution in [0.5, 0.6) is 0 Å². The van der Waals surface area contributed by atoms with E-state index in [1.807, 2.05) is 38.1 Å². The number of hydrogen-bond donors (Lipinski definition) is 2. The Kier molecular flexibility index (Phi) is 5.20. The fourth-order valence-corrected chi connectivity index (χ4v) is 1.53. The average molecular weight is 248 g/mol. The third-order valence-corrected chi connectivity index (χ3v) is 2.94. The lowest BCUT2D eigenvalue weighted by atomic mass is 10.1. The molecule has 0 radical (unpaired) electrons. The van der Waals surface area contributed by atoms with Gasteiger partial charge in [0.25, 0.3) is 5.91 Å². The minimum Gasteiger partial charge on any atom is -0.382 e. The molecule has 1 rings (SSSR count). The summed E-state index contributed by atoms with van der Waals surface area (Å²) in [6.07, 6.45) is 0. The first-order chi connectivity index (χ1) is 8.40. The van der Waals surface area contributed by atoms with Crippen LogP contribution in [0.3, 0.4) is 0 Å². The lowest BCUT2D eigenvalue weighted by molar-refractivity contribution is 0.0943. The maximum absolute atomic E-state index is 11.9. The molecule has 1 unspecified atom stereocenters. The summed E-state index contributed by atoms with van der Waals surface area (Å²) in [6, 6.07) is 8.17. The summed E-state index contributed by atoms with van der Waals surface area (Å²) < 4.78 is 0. The molecule has 0 aliphatic carbocycles. The maximum atomic E-state index is 11.9. The first-order valence-electron chi connectivity index (χ1n) is 6.57. The van der Waals surface area contributed by atoms with Crippen LogP contribution in [0.4, 0.5) is 5.69 Å². The van der Waals surface area contributed by atoms with Crippen molar-refractivity contribution in [3.05, 3.63) is 29.8 Å².